The van der Waals surface area contributed by atoms with Crippen LogP contribution < -0.4 is 0 Å². The number of rotatable bonds is 1. The zero-order valence-electron chi connectivity index (χ0n) is 8.23. The van der Waals surface area contributed by atoms with E-state index in [9.17, 15) is 10.2 Å². The van der Waals surface area contributed by atoms with Gasteiger partial charge >= 0.3 is 0 Å². The molecule has 0 saturated heterocycles. The average Bonchev–Trinajstić information content (AvgIpc) is 2.43. The standard InChI is InChI=1S/C11H13NO2/c1-7(13)10-6-12(2)11-4-3-8(14)5-9(10)11/h3-7,13-14H,1-2H3. The Labute approximate surface area is 82.2 Å². The summed E-state index contributed by atoms with van der Waals surface area (Å²) in [6.45, 7) is 1.72. The molecule has 0 aliphatic rings. The summed E-state index contributed by atoms with van der Waals surface area (Å²) in [5.41, 5.74) is 1.86. The lowest BCUT2D eigenvalue weighted by Gasteiger charge is -2.01. The lowest BCUT2D eigenvalue weighted by atomic mass is 10.1. The van der Waals surface area contributed by atoms with E-state index in [0.717, 1.165) is 16.5 Å². The second-order valence-corrected chi connectivity index (χ2v) is 3.57. The summed E-state index contributed by atoms with van der Waals surface area (Å²) in [4.78, 5) is 0. The van der Waals surface area contributed by atoms with Gasteiger partial charge in [-0.1, -0.05) is 0 Å². The van der Waals surface area contributed by atoms with E-state index >= 15 is 0 Å². The maximum Gasteiger partial charge on any atom is 0.116 e. The smallest absolute Gasteiger partial charge is 0.116 e. The molecule has 0 amide bonds. The molecule has 1 aromatic heterocycles. The molecule has 0 saturated carbocycles. The minimum Gasteiger partial charge on any atom is -0.508 e. The predicted molar refractivity (Wildman–Crippen MR) is 55.2 cm³/mol. The third kappa shape index (κ3) is 1.26. The van der Waals surface area contributed by atoms with Crippen molar-refractivity contribution >= 4 is 10.9 Å². The molecule has 14 heavy (non-hydrogen) atoms. The summed E-state index contributed by atoms with van der Waals surface area (Å²) in [6, 6.07) is 5.17. The maximum atomic E-state index is 9.53. The Kier molecular flexibility index (Phi) is 1.97. The largest absolute Gasteiger partial charge is 0.508 e. The van der Waals surface area contributed by atoms with Gasteiger partial charge in [-0.3, -0.25) is 0 Å². The first-order valence-corrected chi connectivity index (χ1v) is 4.55. The second-order valence-electron chi connectivity index (χ2n) is 3.57. The maximum absolute atomic E-state index is 9.53. The van der Waals surface area contributed by atoms with Crippen molar-refractivity contribution < 1.29 is 10.2 Å². The Morgan fingerprint density at radius 1 is 1.36 bits per heavy atom. The third-order valence-corrected chi connectivity index (χ3v) is 2.45. The molecule has 1 unspecified atom stereocenters. The number of phenols is 1. The summed E-state index contributed by atoms with van der Waals surface area (Å²) in [5, 5.41) is 19.8. The summed E-state index contributed by atoms with van der Waals surface area (Å²) >= 11 is 0. The van der Waals surface area contributed by atoms with E-state index in [2.05, 4.69) is 0 Å². The van der Waals surface area contributed by atoms with Crippen molar-refractivity contribution in [3.05, 3.63) is 30.0 Å². The van der Waals surface area contributed by atoms with Crippen LogP contribution >= 0.6 is 0 Å². The first kappa shape index (κ1) is 9.09. The molecule has 0 radical (unpaired) electrons. The van der Waals surface area contributed by atoms with Crippen molar-refractivity contribution in [3.63, 3.8) is 0 Å². The monoisotopic (exact) mass is 191 g/mol. The molecule has 0 fully saturated rings. The Morgan fingerprint density at radius 2 is 2.07 bits per heavy atom. The molecule has 2 aromatic rings. The van der Waals surface area contributed by atoms with Gasteiger partial charge in [0.15, 0.2) is 0 Å². The number of aryl methyl sites for hydroxylation is 1. The molecular weight excluding hydrogens is 178 g/mol. The zero-order chi connectivity index (χ0) is 10.3. The van der Waals surface area contributed by atoms with Crippen LogP contribution in [0.3, 0.4) is 0 Å². The minimum absolute atomic E-state index is 0.227. The fourth-order valence-corrected chi connectivity index (χ4v) is 1.74. The lowest BCUT2D eigenvalue weighted by molar-refractivity contribution is 0.200. The average molecular weight is 191 g/mol. The molecule has 0 spiro atoms. The number of fused-ring (bicyclic) bond motifs is 1. The molecule has 3 heteroatoms. The highest BCUT2D eigenvalue weighted by molar-refractivity contribution is 5.85. The molecule has 0 aliphatic carbocycles. The highest BCUT2D eigenvalue weighted by Gasteiger charge is 2.10. The van der Waals surface area contributed by atoms with Gasteiger partial charge in [0.1, 0.15) is 5.75 Å². The molecule has 0 aliphatic heterocycles. The van der Waals surface area contributed by atoms with Crippen LogP contribution in [0.15, 0.2) is 24.4 Å². The Balaban J connectivity index is 2.79. The fourth-order valence-electron chi connectivity index (χ4n) is 1.74. The van der Waals surface area contributed by atoms with Gasteiger partial charge in [-0.05, 0) is 25.1 Å². The summed E-state index contributed by atoms with van der Waals surface area (Å²) < 4.78 is 1.94. The Bertz CT molecular complexity index is 471. The molecule has 0 bridgehead atoms. The number of aromatic hydroxyl groups is 1. The number of hydrogen-bond donors (Lipinski definition) is 2. The quantitative estimate of drug-likeness (QED) is 0.723. The fraction of sp³-hybridized carbons (Fsp3) is 0.273. The van der Waals surface area contributed by atoms with Crippen molar-refractivity contribution in [2.75, 3.05) is 0 Å². The molecule has 1 aromatic carbocycles. The van der Waals surface area contributed by atoms with E-state index in [1.165, 1.54) is 0 Å². The number of aliphatic hydroxyl groups excluding tert-OH is 1. The van der Waals surface area contributed by atoms with E-state index in [4.69, 9.17) is 0 Å². The highest BCUT2D eigenvalue weighted by Crippen LogP contribution is 2.28. The summed E-state index contributed by atoms with van der Waals surface area (Å²) in [7, 11) is 1.92. The van der Waals surface area contributed by atoms with Crippen LogP contribution in [0.4, 0.5) is 0 Å². The van der Waals surface area contributed by atoms with Crippen molar-refractivity contribution in [2.45, 2.75) is 13.0 Å². The zero-order valence-corrected chi connectivity index (χ0v) is 8.23. The van der Waals surface area contributed by atoms with E-state index in [1.807, 2.05) is 23.9 Å². The van der Waals surface area contributed by atoms with E-state index in [-0.39, 0.29) is 5.75 Å². The Hall–Kier alpha value is -1.48. The number of aliphatic hydroxyl groups is 1. The summed E-state index contributed by atoms with van der Waals surface area (Å²) in [6.07, 6.45) is 1.37. The first-order valence-electron chi connectivity index (χ1n) is 4.55. The Morgan fingerprint density at radius 3 is 2.71 bits per heavy atom. The van der Waals surface area contributed by atoms with Crippen LogP contribution in [0.1, 0.15) is 18.6 Å². The van der Waals surface area contributed by atoms with Crippen molar-refractivity contribution in [3.8, 4) is 5.75 Å². The van der Waals surface area contributed by atoms with Gasteiger partial charge in [0.05, 0.1) is 6.10 Å². The topological polar surface area (TPSA) is 45.4 Å². The predicted octanol–water partition coefficient (Wildman–Crippen LogP) is 1.94. The van der Waals surface area contributed by atoms with Gasteiger partial charge < -0.3 is 14.8 Å². The number of phenolic OH excluding ortho intramolecular Hbond substituents is 1. The molecule has 3 nitrogen and oxygen atoms in total. The normalized spacial score (nSPS) is 13.4. The van der Waals surface area contributed by atoms with Gasteiger partial charge in [0.25, 0.3) is 0 Å². The number of hydrogen-bond acceptors (Lipinski definition) is 2. The van der Waals surface area contributed by atoms with E-state index < -0.39 is 6.10 Å². The second kappa shape index (κ2) is 3.03. The van der Waals surface area contributed by atoms with Gasteiger partial charge in [-0.25, -0.2) is 0 Å². The van der Waals surface area contributed by atoms with Gasteiger partial charge in [-0.2, -0.15) is 0 Å². The van der Waals surface area contributed by atoms with Crippen LogP contribution in [0.25, 0.3) is 10.9 Å². The highest BCUT2D eigenvalue weighted by atomic mass is 16.3. The van der Waals surface area contributed by atoms with Crippen LogP contribution in [0, 0.1) is 0 Å². The van der Waals surface area contributed by atoms with E-state index in [0.29, 0.717) is 0 Å². The van der Waals surface area contributed by atoms with Crippen molar-refractivity contribution in [1.29, 1.82) is 0 Å². The van der Waals surface area contributed by atoms with Crippen molar-refractivity contribution in [1.82, 2.24) is 4.57 Å². The van der Waals surface area contributed by atoms with Gasteiger partial charge in [-0.15, -0.1) is 0 Å². The molecule has 2 rings (SSSR count). The lowest BCUT2D eigenvalue weighted by Crippen LogP contribution is -1.88. The molecule has 2 N–H and O–H groups in total. The van der Waals surface area contributed by atoms with Gasteiger partial charge in [0.2, 0.25) is 0 Å². The molecule has 1 atom stereocenters. The SMILES string of the molecule is CC(O)c1cn(C)c2ccc(O)cc12. The van der Waals surface area contributed by atoms with Gasteiger partial charge in [0, 0.05) is 29.7 Å². The number of benzene rings is 1. The van der Waals surface area contributed by atoms with Crippen LogP contribution in [-0.2, 0) is 7.05 Å². The molecule has 1 heterocycles. The molecule has 74 valence electrons. The van der Waals surface area contributed by atoms with Crippen LogP contribution in [-0.4, -0.2) is 14.8 Å². The van der Waals surface area contributed by atoms with Crippen molar-refractivity contribution in [2.24, 2.45) is 7.05 Å². The van der Waals surface area contributed by atoms with Crippen LogP contribution in [0.5, 0.6) is 5.75 Å². The third-order valence-electron chi connectivity index (χ3n) is 2.45. The number of aromatic nitrogens is 1. The molecular formula is C11H13NO2. The first-order chi connectivity index (χ1) is 6.59. The summed E-state index contributed by atoms with van der Waals surface area (Å²) in [5.74, 6) is 0.227. The minimum atomic E-state index is -0.513. The van der Waals surface area contributed by atoms with E-state index in [1.54, 1.807) is 19.1 Å². The van der Waals surface area contributed by atoms with Crippen LogP contribution in [0.2, 0.25) is 0 Å². The number of nitrogens with zero attached hydrogens (tertiary/aromatic N) is 1.